The van der Waals surface area contributed by atoms with E-state index in [1.807, 2.05) is 26.0 Å². The highest BCUT2D eigenvalue weighted by atomic mass is 32.2. The summed E-state index contributed by atoms with van der Waals surface area (Å²) in [7, 11) is -2.02. The van der Waals surface area contributed by atoms with Crippen molar-refractivity contribution in [1.82, 2.24) is 4.90 Å². The quantitative estimate of drug-likeness (QED) is 0.644. The van der Waals surface area contributed by atoms with Gasteiger partial charge in [-0.3, -0.25) is 4.79 Å². The normalized spacial score (nSPS) is 12.3. The molecule has 0 unspecified atom stereocenters. The van der Waals surface area contributed by atoms with Gasteiger partial charge in [-0.1, -0.05) is 31.2 Å². The van der Waals surface area contributed by atoms with Crippen LogP contribution in [0.25, 0.3) is 0 Å². The fourth-order valence-corrected chi connectivity index (χ4v) is 3.11. The van der Waals surface area contributed by atoms with Crippen molar-refractivity contribution >= 4 is 16.0 Å². The summed E-state index contributed by atoms with van der Waals surface area (Å²) in [6.07, 6.45) is 1.80. The second-order valence-corrected chi connectivity index (χ2v) is 7.90. The van der Waals surface area contributed by atoms with Crippen molar-refractivity contribution in [3.63, 3.8) is 0 Å². The molecule has 0 aliphatic carbocycles. The molecule has 2 rings (SSSR count). The first-order chi connectivity index (χ1) is 12.7. The number of methoxy groups -OCH3 is 1. The Bertz CT molecular complexity index is 878. The average Bonchev–Trinajstić information content (AvgIpc) is 2.65. The highest BCUT2D eigenvalue weighted by Gasteiger charge is 2.23. The molecule has 1 atom stereocenters. The first-order valence-electron chi connectivity index (χ1n) is 8.67. The maximum atomic E-state index is 13.1. The Balaban J connectivity index is 2.25. The van der Waals surface area contributed by atoms with Crippen LogP contribution in [0.4, 0.5) is 0 Å². The fourth-order valence-electron chi connectivity index (χ4n) is 2.65. The van der Waals surface area contributed by atoms with Gasteiger partial charge in [0, 0.05) is 12.6 Å². The summed E-state index contributed by atoms with van der Waals surface area (Å²) in [6.45, 7) is 4.41. The van der Waals surface area contributed by atoms with Gasteiger partial charge in [0.2, 0.25) is 0 Å². The van der Waals surface area contributed by atoms with E-state index in [1.165, 1.54) is 0 Å². The monoisotopic (exact) mass is 391 g/mol. The molecule has 0 aromatic heterocycles. The molecule has 0 radical (unpaired) electrons. The van der Waals surface area contributed by atoms with E-state index in [4.69, 9.17) is 8.92 Å². The van der Waals surface area contributed by atoms with Crippen molar-refractivity contribution < 1.29 is 22.1 Å². The van der Waals surface area contributed by atoms with Crippen LogP contribution in [0, 0.1) is 0 Å². The number of hydrogen-bond acceptors (Lipinski definition) is 5. The molecule has 0 saturated carbocycles. The second kappa shape index (κ2) is 8.90. The molecule has 27 heavy (non-hydrogen) atoms. The number of carbonyl (C=O) groups excluding carboxylic acids is 1. The van der Waals surface area contributed by atoms with E-state index in [2.05, 4.69) is 0 Å². The number of carbonyl (C=O) groups is 1. The van der Waals surface area contributed by atoms with Gasteiger partial charge < -0.3 is 13.8 Å². The Morgan fingerprint density at radius 1 is 1.11 bits per heavy atom. The Hall–Kier alpha value is -2.54. The molecule has 146 valence electrons. The van der Waals surface area contributed by atoms with Gasteiger partial charge in [-0.15, -0.1) is 0 Å². The van der Waals surface area contributed by atoms with Crippen LogP contribution in [0.1, 0.15) is 36.2 Å². The first kappa shape index (κ1) is 20.8. The molecular weight excluding hydrogens is 366 g/mol. The maximum absolute atomic E-state index is 13.1. The van der Waals surface area contributed by atoms with Crippen LogP contribution < -0.4 is 8.92 Å². The van der Waals surface area contributed by atoms with Gasteiger partial charge in [-0.05, 0) is 43.2 Å². The zero-order chi connectivity index (χ0) is 20.0. The molecule has 0 bridgehead atoms. The lowest BCUT2D eigenvalue weighted by Crippen LogP contribution is -2.38. The number of amides is 1. The van der Waals surface area contributed by atoms with Crippen LogP contribution >= 0.6 is 0 Å². The number of hydrogen-bond donors (Lipinski definition) is 0. The van der Waals surface area contributed by atoms with Crippen LogP contribution in [0.15, 0.2) is 48.5 Å². The minimum Gasteiger partial charge on any atom is -0.496 e. The van der Waals surface area contributed by atoms with E-state index in [-0.39, 0.29) is 17.7 Å². The average molecular weight is 391 g/mol. The van der Waals surface area contributed by atoms with Gasteiger partial charge in [-0.25, -0.2) is 0 Å². The lowest BCUT2D eigenvalue weighted by atomic mass is 10.1. The first-order valence-corrected chi connectivity index (χ1v) is 10.5. The lowest BCUT2D eigenvalue weighted by molar-refractivity contribution is 0.0668. The van der Waals surface area contributed by atoms with E-state index in [1.54, 1.807) is 48.4 Å². The summed E-state index contributed by atoms with van der Waals surface area (Å²) in [5, 5.41) is 0. The van der Waals surface area contributed by atoms with E-state index < -0.39 is 10.1 Å². The van der Waals surface area contributed by atoms with Crippen LogP contribution in [0.3, 0.4) is 0 Å². The van der Waals surface area contributed by atoms with Gasteiger partial charge in [-0.2, -0.15) is 8.42 Å². The van der Waals surface area contributed by atoms with Gasteiger partial charge in [0.05, 0.1) is 18.9 Å². The van der Waals surface area contributed by atoms with Gasteiger partial charge >= 0.3 is 10.1 Å². The number of para-hydroxylation sites is 1. The summed E-state index contributed by atoms with van der Waals surface area (Å²) >= 11 is 0. The summed E-state index contributed by atoms with van der Waals surface area (Å²) < 4.78 is 32.6. The minimum atomic E-state index is -3.57. The third-order valence-corrected chi connectivity index (χ3v) is 4.74. The number of nitrogens with zero attached hydrogens (tertiary/aromatic N) is 1. The summed E-state index contributed by atoms with van der Waals surface area (Å²) in [5.74, 6) is 0.665. The Morgan fingerprint density at radius 3 is 2.30 bits per heavy atom. The van der Waals surface area contributed by atoms with Crippen LogP contribution in [-0.2, 0) is 16.7 Å². The van der Waals surface area contributed by atoms with Crippen LogP contribution in [0.5, 0.6) is 11.5 Å². The summed E-state index contributed by atoms with van der Waals surface area (Å²) in [4.78, 5) is 14.9. The third-order valence-electron chi connectivity index (χ3n) is 4.24. The molecule has 1 amide bonds. The Labute approximate surface area is 160 Å². The standard InChI is InChI=1S/C20H25NO5S/c1-5-15(2)21(20(22)18-8-6-7-9-19(18)25-3)14-16-10-12-17(13-11-16)26-27(4,23)24/h6-13,15H,5,14H2,1-4H3/t15-/m1/s1. The molecule has 0 aliphatic heterocycles. The largest absolute Gasteiger partial charge is 0.496 e. The van der Waals surface area contributed by atoms with Crippen molar-refractivity contribution in [2.45, 2.75) is 32.9 Å². The molecule has 0 N–H and O–H groups in total. The zero-order valence-corrected chi connectivity index (χ0v) is 16.8. The smallest absolute Gasteiger partial charge is 0.306 e. The van der Waals surface area contributed by atoms with Crippen molar-refractivity contribution in [3.8, 4) is 11.5 Å². The van der Waals surface area contributed by atoms with Gasteiger partial charge in [0.15, 0.2) is 0 Å². The maximum Gasteiger partial charge on any atom is 0.306 e. The fraction of sp³-hybridized carbons (Fsp3) is 0.350. The van der Waals surface area contributed by atoms with E-state index in [9.17, 15) is 13.2 Å². The second-order valence-electron chi connectivity index (χ2n) is 6.32. The van der Waals surface area contributed by atoms with Gasteiger partial charge in [0.1, 0.15) is 11.5 Å². The van der Waals surface area contributed by atoms with Crippen molar-refractivity contribution in [2.75, 3.05) is 13.4 Å². The van der Waals surface area contributed by atoms with Crippen molar-refractivity contribution in [3.05, 3.63) is 59.7 Å². The minimum absolute atomic E-state index is 0.0226. The number of rotatable bonds is 8. The molecule has 0 spiro atoms. The summed E-state index contributed by atoms with van der Waals surface area (Å²) in [6, 6.07) is 13.8. The molecule has 6 nitrogen and oxygen atoms in total. The van der Waals surface area contributed by atoms with Crippen LogP contribution in [-0.4, -0.2) is 38.6 Å². The molecule has 0 heterocycles. The SMILES string of the molecule is CC[C@@H](C)N(Cc1ccc(OS(C)(=O)=O)cc1)C(=O)c1ccccc1OC. The molecular formula is C20H25NO5S. The van der Waals surface area contributed by atoms with Gasteiger partial charge in [0.25, 0.3) is 5.91 Å². The zero-order valence-electron chi connectivity index (χ0n) is 16.0. The lowest BCUT2D eigenvalue weighted by Gasteiger charge is -2.29. The molecule has 2 aromatic rings. The van der Waals surface area contributed by atoms with E-state index in [0.29, 0.717) is 17.9 Å². The molecule has 2 aromatic carbocycles. The van der Waals surface area contributed by atoms with Crippen LogP contribution in [0.2, 0.25) is 0 Å². The third kappa shape index (κ3) is 5.72. The molecule has 0 fully saturated rings. The molecule has 0 saturated heterocycles. The predicted octanol–water partition coefficient (Wildman–Crippen LogP) is 3.47. The topological polar surface area (TPSA) is 72.9 Å². The predicted molar refractivity (Wildman–Crippen MR) is 105 cm³/mol. The highest BCUT2D eigenvalue weighted by Crippen LogP contribution is 2.23. The Morgan fingerprint density at radius 2 is 1.74 bits per heavy atom. The van der Waals surface area contributed by atoms with E-state index >= 15 is 0 Å². The number of ether oxygens (including phenoxy) is 1. The van der Waals surface area contributed by atoms with E-state index in [0.717, 1.165) is 18.2 Å². The number of benzene rings is 2. The highest BCUT2D eigenvalue weighted by molar-refractivity contribution is 7.86. The van der Waals surface area contributed by atoms with Crippen molar-refractivity contribution in [1.29, 1.82) is 0 Å². The molecule has 0 aliphatic rings. The summed E-state index contributed by atoms with van der Waals surface area (Å²) in [5.41, 5.74) is 1.39. The Kier molecular flexibility index (Phi) is 6.85. The van der Waals surface area contributed by atoms with Crippen molar-refractivity contribution in [2.24, 2.45) is 0 Å². The molecule has 7 heteroatoms.